The Morgan fingerprint density at radius 1 is 0.850 bits per heavy atom. The third-order valence-electron chi connectivity index (χ3n) is 3.74. The standard InChI is InChI=1S/C18H21NO/c1-2-9-18(10-3-1)20-15-17-8-6-7-16(13-17)14-19-11-4-5-12-19/h1-3,6-10,13H,4-5,11-12,14-15H2. The van der Waals surface area contributed by atoms with Crippen LogP contribution in [0.4, 0.5) is 0 Å². The first-order valence-corrected chi connectivity index (χ1v) is 7.38. The molecular formula is C18H21NO. The van der Waals surface area contributed by atoms with Crippen LogP contribution in [0, 0.1) is 0 Å². The number of nitrogens with zero attached hydrogens (tertiary/aromatic N) is 1. The van der Waals surface area contributed by atoms with E-state index < -0.39 is 0 Å². The Morgan fingerprint density at radius 3 is 2.40 bits per heavy atom. The zero-order chi connectivity index (χ0) is 13.6. The molecule has 0 radical (unpaired) electrons. The normalized spacial score (nSPS) is 15.4. The Morgan fingerprint density at radius 2 is 1.60 bits per heavy atom. The molecule has 0 N–H and O–H groups in total. The van der Waals surface area contributed by atoms with Crippen LogP contribution in [0.5, 0.6) is 5.75 Å². The Balaban J connectivity index is 1.59. The Hall–Kier alpha value is -1.80. The first kappa shape index (κ1) is 13.2. The van der Waals surface area contributed by atoms with E-state index in [1.807, 2.05) is 30.3 Å². The predicted molar refractivity (Wildman–Crippen MR) is 81.7 cm³/mol. The molecule has 1 aliphatic rings. The van der Waals surface area contributed by atoms with E-state index in [-0.39, 0.29) is 0 Å². The summed E-state index contributed by atoms with van der Waals surface area (Å²) in [6.07, 6.45) is 2.69. The molecule has 0 bridgehead atoms. The fraction of sp³-hybridized carbons (Fsp3) is 0.333. The van der Waals surface area contributed by atoms with Crippen LogP contribution in [0.15, 0.2) is 54.6 Å². The van der Waals surface area contributed by atoms with Gasteiger partial charge < -0.3 is 4.74 Å². The molecule has 3 rings (SSSR count). The lowest BCUT2D eigenvalue weighted by atomic mass is 10.1. The molecule has 2 heteroatoms. The van der Waals surface area contributed by atoms with E-state index in [0.29, 0.717) is 6.61 Å². The summed E-state index contributed by atoms with van der Waals surface area (Å²) in [6, 6.07) is 18.7. The van der Waals surface area contributed by atoms with Gasteiger partial charge in [0, 0.05) is 6.54 Å². The summed E-state index contributed by atoms with van der Waals surface area (Å²) < 4.78 is 5.80. The highest BCUT2D eigenvalue weighted by Gasteiger charge is 2.11. The molecule has 2 nitrogen and oxygen atoms in total. The summed E-state index contributed by atoms with van der Waals surface area (Å²) in [6.45, 7) is 4.19. The minimum atomic E-state index is 0.637. The van der Waals surface area contributed by atoms with Crippen molar-refractivity contribution in [2.45, 2.75) is 26.0 Å². The maximum atomic E-state index is 5.80. The highest BCUT2D eigenvalue weighted by molar-refractivity contribution is 5.25. The SMILES string of the molecule is c1ccc(OCc2cccc(CN3CCCC3)c2)cc1. The van der Waals surface area contributed by atoms with E-state index in [1.54, 1.807) is 0 Å². The van der Waals surface area contributed by atoms with Crippen molar-refractivity contribution in [1.29, 1.82) is 0 Å². The van der Waals surface area contributed by atoms with Crippen molar-refractivity contribution in [2.24, 2.45) is 0 Å². The average molecular weight is 267 g/mol. The van der Waals surface area contributed by atoms with Gasteiger partial charge in [-0.3, -0.25) is 4.90 Å². The largest absolute Gasteiger partial charge is 0.489 e. The summed E-state index contributed by atoms with van der Waals surface area (Å²) in [5.41, 5.74) is 2.63. The van der Waals surface area contributed by atoms with Gasteiger partial charge in [-0.25, -0.2) is 0 Å². The summed E-state index contributed by atoms with van der Waals surface area (Å²) >= 11 is 0. The third-order valence-corrected chi connectivity index (χ3v) is 3.74. The van der Waals surface area contributed by atoms with Crippen LogP contribution < -0.4 is 4.74 Å². The van der Waals surface area contributed by atoms with Gasteiger partial charge in [-0.1, -0.05) is 42.5 Å². The number of para-hydroxylation sites is 1. The molecular weight excluding hydrogens is 246 g/mol. The fourth-order valence-electron chi connectivity index (χ4n) is 2.70. The van der Waals surface area contributed by atoms with Crippen molar-refractivity contribution in [1.82, 2.24) is 4.90 Å². The van der Waals surface area contributed by atoms with Gasteiger partial charge in [0.2, 0.25) is 0 Å². The molecule has 104 valence electrons. The Labute approximate surface area is 121 Å². The number of likely N-dealkylation sites (tertiary alicyclic amines) is 1. The molecule has 2 aromatic rings. The van der Waals surface area contributed by atoms with Crippen LogP contribution in [0.1, 0.15) is 24.0 Å². The van der Waals surface area contributed by atoms with E-state index in [4.69, 9.17) is 4.74 Å². The number of hydrogen-bond acceptors (Lipinski definition) is 2. The minimum Gasteiger partial charge on any atom is -0.489 e. The molecule has 0 unspecified atom stereocenters. The van der Waals surface area contributed by atoms with Crippen LogP contribution in [0.3, 0.4) is 0 Å². The predicted octanol–water partition coefficient (Wildman–Crippen LogP) is 3.86. The quantitative estimate of drug-likeness (QED) is 0.815. The molecule has 0 aliphatic carbocycles. The van der Waals surface area contributed by atoms with Crippen LogP contribution in [0.2, 0.25) is 0 Å². The number of ether oxygens (including phenoxy) is 1. The lowest BCUT2D eigenvalue weighted by Gasteiger charge is -2.15. The van der Waals surface area contributed by atoms with Crippen molar-refractivity contribution in [2.75, 3.05) is 13.1 Å². The Bertz CT molecular complexity index is 532. The van der Waals surface area contributed by atoms with Gasteiger partial charge in [0.15, 0.2) is 0 Å². The topological polar surface area (TPSA) is 12.5 Å². The smallest absolute Gasteiger partial charge is 0.119 e. The lowest BCUT2D eigenvalue weighted by molar-refractivity contribution is 0.305. The highest BCUT2D eigenvalue weighted by atomic mass is 16.5. The van der Waals surface area contributed by atoms with Crippen LogP contribution in [-0.2, 0) is 13.2 Å². The molecule has 0 saturated carbocycles. The van der Waals surface area contributed by atoms with E-state index in [9.17, 15) is 0 Å². The molecule has 1 saturated heterocycles. The molecule has 0 atom stereocenters. The molecule has 1 fully saturated rings. The van der Waals surface area contributed by atoms with Gasteiger partial charge in [0.25, 0.3) is 0 Å². The van der Waals surface area contributed by atoms with Gasteiger partial charge >= 0.3 is 0 Å². The molecule has 1 heterocycles. The number of hydrogen-bond donors (Lipinski definition) is 0. The van der Waals surface area contributed by atoms with E-state index in [0.717, 1.165) is 12.3 Å². The summed E-state index contributed by atoms with van der Waals surface area (Å²) in [7, 11) is 0. The van der Waals surface area contributed by atoms with Crippen molar-refractivity contribution >= 4 is 0 Å². The van der Waals surface area contributed by atoms with Crippen molar-refractivity contribution in [3.63, 3.8) is 0 Å². The van der Waals surface area contributed by atoms with Gasteiger partial charge in [-0.15, -0.1) is 0 Å². The molecule has 0 aromatic heterocycles. The van der Waals surface area contributed by atoms with Gasteiger partial charge in [-0.05, 0) is 49.2 Å². The first-order valence-electron chi connectivity index (χ1n) is 7.38. The van der Waals surface area contributed by atoms with Gasteiger partial charge in [0.05, 0.1) is 0 Å². The van der Waals surface area contributed by atoms with E-state index in [2.05, 4.69) is 29.2 Å². The summed E-state index contributed by atoms with van der Waals surface area (Å²) in [5, 5.41) is 0. The maximum absolute atomic E-state index is 5.80. The van der Waals surface area contributed by atoms with Crippen LogP contribution >= 0.6 is 0 Å². The van der Waals surface area contributed by atoms with Gasteiger partial charge in [-0.2, -0.15) is 0 Å². The van der Waals surface area contributed by atoms with Crippen LogP contribution in [0.25, 0.3) is 0 Å². The number of rotatable bonds is 5. The van der Waals surface area contributed by atoms with E-state index >= 15 is 0 Å². The molecule has 0 amide bonds. The zero-order valence-corrected chi connectivity index (χ0v) is 11.8. The molecule has 20 heavy (non-hydrogen) atoms. The summed E-state index contributed by atoms with van der Waals surface area (Å²) in [4.78, 5) is 2.52. The first-order chi connectivity index (χ1) is 9.90. The van der Waals surface area contributed by atoms with Gasteiger partial charge in [0.1, 0.15) is 12.4 Å². The van der Waals surface area contributed by atoms with Crippen molar-refractivity contribution < 1.29 is 4.74 Å². The van der Waals surface area contributed by atoms with Crippen molar-refractivity contribution in [3.8, 4) is 5.75 Å². The molecule has 2 aromatic carbocycles. The average Bonchev–Trinajstić information content (AvgIpc) is 3.00. The highest BCUT2D eigenvalue weighted by Crippen LogP contribution is 2.15. The second-order valence-corrected chi connectivity index (χ2v) is 5.40. The third kappa shape index (κ3) is 3.61. The second kappa shape index (κ2) is 6.58. The Kier molecular flexibility index (Phi) is 4.34. The van der Waals surface area contributed by atoms with Crippen LogP contribution in [-0.4, -0.2) is 18.0 Å². The lowest BCUT2D eigenvalue weighted by Crippen LogP contribution is -2.18. The van der Waals surface area contributed by atoms with E-state index in [1.165, 1.54) is 37.1 Å². The van der Waals surface area contributed by atoms with Crippen molar-refractivity contribution in [3.05, 3.63) is 65.7 Å². The second-order valence-electron chi connectivity index (χ2n) is 5.40. The zero-order valence-electron chi connectivity index (χ0n) is 11.8. The maximum Gasteiger partial charge on any atom is 0.119 e. The summed E-state index contributed by atoms with van der Waals surface area (Å²) in [5.74, 6) is 0.928. The molecule has 0 spiro atoms. The minimum absolute atomic E-state index is 0.637. The monoisotopic (exact) mass is 267 g/mol. The molecule has 1 aliphatic heterocycles. The number of benzene rings is 2. The fourth-order valence-corrected chi connectivity index (χ4v) is 2.70.